The van der Waals surface area contributed by atoms with Gasteiger partial charge >= 0.3 is 0 Å². The van der Waals surface area contributed by atoms with Crippen LogP contribution < -0.4 is 4.90 Å². The average molecular weight is 350 g/mol. The van der Waals surface area contributed by atoms with Crippen LogP contribution in [0.15, 0.2) is 18.6 Å². The van der Waals surface area contributed by atoms with Crippen LogP contribution >= 0.6 is 0 Å². The number of hydrogen-bond donors (Lipinski definition) is 0. The number of amides is 1. The fourth-order valence-corrected chi connectivity index (χ4v) is 3.51. The van der Waals surface area contributed by atoms with E-state index in [4.69, 9.17) is 13.1 Å². The van der Waals surface area contributed by atoms with Crippen LogP contribution in [0, 0.1) is 17.2 Å². The first-order valence-corrected chi connectivity index (χ1v) is 8.43. The van der Waals surface area contributed by atoms with Crippen LogP contribution in [-0.4, -0.2) is 65.2 Å². The zero-order valence-electron chi connectivity index (χ0n) is 14.8. The molecule has 26 heavy (non-hydrogen) atoms. The molecule has 3 rings (SSSR count). The van der Waals surface area contributed by atoms with Crippen molar-refractivity contribution in [3.8, 4) is 6.07 Å². The molecule has 2 aromatic rings. The van der Waals surface area contributed by atoms with Crippen LogP contribution in [0.1, 0.15) is 19.8 Å². The molecule has 1 fully saturated rings. The van der Waals surface area contributed by atoms with Gasteiger partial charge in [-0.05, 0) is 18.4 Å². The van der Waals surface area contributed by atoms with Crippen molar-refractivity contribution in [2.24, 2.45) is 5.92 Å². The Morgan fingerprint density at radius 3 is 2.92 bits per heavy atom. The molecule has 132 valence electrons. The Kier molecular flexibility index (Phi) is 4.93. The maximum atomic E-state index is 12.1. The number of hydrogen-bond acceptors (Lipinski definition) is 6. The van der Waals surface area contributed by atoms with Gasteiger partial charge in [0.1, 0.15) is 18.6 Å². The van der Waals surface area contributed by atoms with E-state index < -0.39 is 5.81 Å². The first kappa shape index (κ1) is 17.9. The standard InChI is InChI=1S/C17H19BN6O2/c1-11-4-7-23(14(25)3-6-19)9-13(11)22(2)15-12-5-8-24(17(18)26)16(12)21-10-20-15/h5,8,10-11,13H,3-4,7,9H2,1-2H3/t11-,13+/m1/s1. The van der Waals surface area contributed by atoms with Gasteiger partial charge in [0.2, 0.25) is 13.8 Å². The quantitative estimate of drug-likeness (QED) is 0.771. The summed E-state index contributed by atoms with van der Waals surface area (Å²) in [6.07, 6.45) is 3.72. The zero-order chi connectivity index (χ0) is 18.8. The summed E-state index contributed by atoms with van der Waals surface area (Å²) in [6, 6.07) is 3.72. The SMILES string of the molecule is [B]C(=O)n1ccc2c(N(C)[C@H]3CN(C(=O)CC#N)CC[C@H]3C)ncnc21. The number of nitrogens with zero attached hydrogens (tertiary/aromatic N) is 6. The van der Waals surface area contributed by atoms with Gasteiger partial charge in [0.15, 0.2) is 11.5 Å². The predicted molar refractivity (Wildman–Crippen MR) is 96.9 cm³/mol. The van der Waals surface area contributed by atoms with Crippen LogP contribution in [0.3, 0.4) is 0 Å². The van der Waals surface area contributed by atoms with E-state index in [1.807, 2.05) is 18.0 Å². The molecule has 0 N–H and O–H groups in total. The normalized spacial score (nSPS) is 20.0. The van der Waals surface area contributed by atoms with E-state index in [0.717, 1.165) is 11.8 Å². The summed E-state index contributed by atoms with van der Waals surface area (Å²) in [5, 5.41) is 9.50. The van der Waals surface area contributed by atoms with Crippen LogP contribution in [-0.2, 0) is 4.79 Å². The average Bonchev–Trinajstić information content (AvgIpc) is 3.06. The molecular formula is C17H19BN6O2. The maximum Gasteiger partial charge on any atom is 0.236 e. The lowest BCUT2D eigenvalue weighted by Crippen LogP contribution is -2.52. The second-order valence-corrected chi connectivity index (χ2v) is 6.58. The van der Waals surface area contributed by atoms with E-state index in [0.29, 0.717) is 30.5 Å². The van der Waals surface area contributed by atoms with Crippen molar-refractivity contribution < 1.29 is 9.59 Å². The number of rotatable bonds is 3. The van der Waals surface area contributed by atoms with E-state index in [1.165, 1.54) is 10.9 Å². The number of anilines is 1. The number of piperidine rings is 1. The molecular weight excluding hydrogens is 331 g/mol. The van der Waals surface area contributed by atoms with Gasteiger partial charge in [0.25, 0.3) is 0 Å². The summed E-state index contributed by atoms with van der Waals surface area (Å²) in [5.41, 5.74) is 0.454. The highest BCUT2D eigenvalue weighted by Crippen LogP contribution is 2.29. The first-order valence-electron chi connectivity index (χ1n) is 8.43. The lowest BCUT2D eigenvalue weighted by atomic mass is 9.92. The molecule has 1 saturated heterocycles. The van der Waals surface area contributed by atoms with Crippen LogP contribution in [0.4, 0.5) is 10.6 Å². The molecule has 2 aromatic heterocycles. The molecule has 9 heteroatoms. The van der Waals surface area contributed by atoms with E-state index in [1.54, 1.807) is 17.2 Å². The maximum absolute atomic E-state index is 12.1. The van der Waals surface area contributed by atoms with Crippen LogP contribution in [0.5, 0.6) is 0 Å². The number of likely N-dealkylation sites (tertiary alicyclic amines) is 1. The van der Waals surface area contributed by atoms with E-state index in [2.05, 4.69) is 16.9 Å². The van der Waals surface area contributed by atoms with E-state index >= 15 is 0 Å². The molecule has 0 aliphatic carbocycles. The van der Waals surface area contributed by atoms with Crippen molar-refractivity contribution in [3.05, 3.63) is 18.6 Å². The van der Waals surface area contributed by atoms with Gasteiger partial charge < -0.3 is 9.80 Å². The predicted octanol–water partition coefficient (Wildman–Crippen LogP) is 1.15. The van der Waals surface area contributed by atoms with Gasteiger partial charge in [-0.15, -0.1) is 0 Å². The second kappa shape index (κ2) is 7.16. The third-order valence-electron chi connectivity index (χ3n) is 5.03. The molecule has 8 nitrogen and oxygen atoms in total. The van der Waals surface area contributed by atoms with E-state index in [9.17, 15) is 9.59 Å². The third kappa shape index (κ3) is 3.15. The summed E-state index contributed by atoms with van der Waals surface area (Å²) < 4.78 is 1.28. The fraction of sp³-hybridized carbons (Fsp3) is 0.471. The zero-order valence-corrected chi connectivity index (χ0v) is 14.8. The highest BCUT2D eigenvalue weighted by atomic mass is 16.2. The summed E-state index contributed by atoms with van der Waals surface area (Å²) in [4.78, 5) is 35.9. The van der Waals surface area contributed by atoms with Crippen molar-refractivity contribution in [1.82, 2.24) is 19.4 Å². The van der Waals surface area contributed by atoms with Gasteiger partial charge in [0.05, 0.1) is 17.5 Å². The minimum Gasteiger partial charge on any atom is -0.354 e. The molecule has 0 bridgehead atoms. The van der Waals surface area contributed by atoms with Gasteiger partial charge in [-0.2, -0.15) is 5.26 Å². The number of carbonyl (C=O) groups excluding carboxylic acids is 2. The lowest BCUT2D eigenvalue weighted by molar-refractivity contribution is -0.131. The fourth-order valence-electron chi connectivity index (χ4n) is 3.51. The number of likely N-dealkylation sites (N-methyl/N-ethyl adjacent to an activating group) is 1. The number of nitriles is 1. The molecule has 2 radical (unpaired) electrons. The molecule has 1 amide bonds. The largest absolute Gasteiger partial charge is 0.354 e. The third-order valence-corrected chi connectivity index (χ3v) is 5.03. The van der Waals surface area contributed by atoms with Crippen molar-refractivity contribution >= 4 is 36.4 Å². The van der Waals surface area contributed by atoms with Crippen molar-refractivity contribution in [3.63, 3.8) is 0 Å². The smallest absolute Gasteiger partial charge is 0.236 e. The summed E-state index contributed by atoms with van der Waals surface area (Å²) >= 11 is 0. The van der Waals surface area contributed by atoms with Gasteiger partial charge in [-0.3, -0.25) is 14.2 Å². The first-order chi connectivity index (χ1) is 12.4. The van der Waals surface area contributed by atoms with E-state index in [-0.39, 0.29) is 18.4 Å². The lowest BCUT2D eigenvalue weighted by Gasteiger charge is -2.42. The number of fused-ring (bicyclic) bond motifs is 1. The molecule has 3 heterocycles. The molecule has 1 aliphatic rings. The second-order valence-electron chi connectivity index (χ2n) is 6.58. The Hall–Kier alpha value is -2.89. The number of carbonyl (C=O) groups is 2. The van der Waals surface area contributed by atoms with Gasteiger partial charge in [-0.25, -0.2) is 9.97 Å². The molecule has 0 saturated carbocycles. The summed E-state index contributed by atoms with van der Waals surface area (Å²) in [6.45, 7) is 3.32. The Labute approximate surface area is 152 Å². The molecule has 0 spiro atoms. The highest BCUT2D eigenvalue weighted by molar-refractivity contribution is 6.58. The highest BCUT2D eigenvalue weighted by Gasteiger charge is 2.32. The van der Waals surface area contributed by atoms with Crippen LogP contribution in [0.2, 0.25) is 0 Å². The minimum absolute atomic E-state index is 0.0430. The van der Waals surface area contributed by atoms with Gasteiger partial charge in [0, 0.05) is 26.3 Å². The molecule has 0 unspecified atom stereocenters. The summed E-state index contributed by atoms with van der Waals surface area (Å²) in [5.74, 6) is 0.271. The molecule has 1 aliphatic heterocycles. The Morgan fingerprint density at radius 2 is 2.23 bits per heavy atom. The van der Waals surface area contributed by atoms with Crippen molar-refractivity contribution in [1.29, 1.82) is 5.26 Å². The Balaban J connectivity index is 1.91. The van der Waals surface area contributed by atoms with Crippen LogP contribution in [0.25, 0.3) is 11.0 Å². The Bertz CT molecular complexity index is 889. The van der Waals surface area contributed by atoms with Gasteiger partial charge in [-0.1, -0.05) is 6.92 Å². The minimum atomic E-state index is -0.605. The molecule has 0 aromatic carbocycles. The van der Waals surface area contributed by atoms with Crippen molar-refractivity contribution in [2.75, 3.05) is 25.0 Å². The molecule has 2 atom stereocenters. The van der Waals surface area contributed by atoms with Crippen molar-refractivity contribution in [2.45, 2.75) is 25.8 Å². The Morgan fingerprint density at radius 1 is 1.46 bits per heavy atom. The topological polar surface area (TPSA) is 95.1 Å². The summed E-state index contributed by atoms with van der Waals surface area (Å²) in [7, 11) is 7.29. The number of aromatic nitrogens is 3. The monoisotopic (exact) mass is 350 g/mol.